The van der Waals surface area contributed by atoms with Crippen molar-refractivity contribution in [3.8, 4) is 5.75 Å². The molecule has 162 valence electrons. The second kappa shape index (κ2) is 8.50. The number of aryl methyl sites for hydroxylation is 1. The average molecular weight is 433 g/mol. The summed E-state index contributed by atoms with van der Waals surface area (Å²) < 4.78 is 40.3. The van der Waals surface area contributed by atoms with Gasteiger partial charge in [-0.05, 0) is 37.3 Å². The largest absolute Gasteiger partial charge is 0.573 e. The zero-order valence-electron chi connectivity index (χ0n) is 16.5. The van der Waals surface area contributed by atoms with Crippen LogP contribution in [0.1, 0.15) is 16.1 Å². The topological polar surface area (TPSA) is 91.5 Å². The van der Waals surface area contributed by atoms with Crippen LogP contribution in [0.25, 0.3) is 10.9 Å². The average Bonchev–Trinajstić information content (AvgIpc) is 3.02. The van der Waals surface area contributed by atoms with Crippen molar-refractivity contribution in [3.05, 3.63) is 59.8 Å². The van der Waals surface area contributed by atoms with Crippen LogP contribution < -0.4 is 10.1 Å². The molecule has 3 aromatic rings. The number of carbonyl (C=O) groups excluding carboxylic acids is 3. The van der Waals surface area contributed by atoms with Gasteiger partial charge in [0, 0.05) is 29.3 Å². The number of aromatic amines is 1. The van der Waals surface area contributed by atoms with Gasteiger partial charge in [0.25, 0.3) is 11.7 Å². The Morgan fingerprint density at radius 1 is 1.06 bits per heavy atom. The van der Waals surface area contributed by atoms with E-state index in [0.29, 0.717) is 11.1 Å². The number of para-hydroxylation sites is 1. The van der Waals surface area contributed by atoms with Gasteiger partial charge in [0.2, 0.25) is 5.91 Å². The summed E-state index contributed by atoms with van der Waals surface area (Å²) in [6.45, 7) is 1.26. The monoisotopic (exact) mass is 433 g/mol. The molecule has 31 heavy (non-hydrogen) atoms. The molecule has 7 nitrogen and oxygen atoms in total. The predicted molar refractivity (Wildman–Crippen MR) is 107 cm³/mol. The van der Waals surface area contributed by atoms with Crippen LogP contribution in [0, 0.1) is 6.92 Å². The normalized spacial score (nSPS) is 11.3. The molecule has 0 unspecified atom stereocenters. The van der Waals surface area contributed by atoms with E-state index in [4.69, 9.17) is 0 Å². The first-order chi connectivity index (χ1) is 14.5. The highest BCUT2D eigenvalue weighted by Crippen LogP contribution is 2.24. The second-order valence-electron chi connectivity index (χ2n) is 6.78. The molecule has 0 radical (unpaired) electrons. The van der Waals surface area contributed by atoms with E-state index in [0.717, 1.165) is 22.5 Å². The maximum absolute atomic E-state index is 12.7. The first-order valence-electron chi connectivity index (χ1n) is 9.08. The fraction of sp³-hybridized carbons (Fsp3) is 0.190. The number of ketones is 1. The van der Waals surface area contributed by atoms with Crippen LogP contribution >= 0.6 is 0 Å². The predicted octanol–water partition coefficient (Wildman–Crippen LogP) is 3.65. The molecule has 0 atom stereocenters. The molecule has 0 aliphatic heterocycles. The van der Waals surface area contributed by atoms with Crippen LogP contribution in [-0.4, -0.2) is 47.4 Å². The number of carbonyl (C=O) groups is 3. The number of nitrogens with zero attached hydrogens (tertiary/aromatic N) is 1. The third-order valence-corrected chi connectivity index (χ3v) is 4.41. The Bertz CT molecular complexity index is 1140. The molecule has 2 N–H and O–H groups in total. The summed E-state index contributed by atoms with van der Waals surface area (Å²) in [5.41, 5.74) is 1.71. The van der Waals surface area contributed by atoms with Crippen LogP contribution in [0.4, 0.5) is 18.9 Å². The molecule has 0 aliphatic carbocycles. The minimum atomic E-state index is -4.82. The zero-order valence-corrected chi connectivity index (χ0v) is 16.5. The first-order valence-corrected chi connectivity index (χ1v) is 9.08. The van der Waals surface area contributed by atoms with Gasteiger partial charge in [-0.25, -0.2) is 0 Å². The van der Waals surface area contributed by atoms with Crippen LogP contribution in [0.2, 0.25) is 0 Å². The standard InChI is InChI=1S/C21H18F3N3O4/c1-12-18(15-5-3-4-6-16(15)25-12)19(29)20(30)27(2)11-17(28)26-13-7-9-14(10-8-13)31-21(22,23)24/h3-10,25H,11H2,1-2H3,(H,26,28). The van der Waals surface area contributed by atoms with Crippen molar-refractivity contribution in [1.82, 2.24) is 9.88 Å². The lowest BCUT2D eigenvalue weighted by molar-refractivity contribution is -0.274. The van der Waals surface area contributed by atoms with Crippen molar-refractivity contribution >= 4 is 34.2 Å². The molecule has 1 heterocycles. The summed E-state index contributed by atoms with van der Waals surface area (Å²) in [7, 11) is 1.31. The lowest BCUT2D eigenvalue weighted by Crippen LogP contribution is -2.39. The number of amides is 2. The van der Waals surface area contributed by atoms with Gasteiger partial charge in [-0.3, -0.25) is 14.4 Å². The lowest BCUT2D eigenvalue weighted by Gasteiger charge is -2.16. The number of ether oxygens (including phenoxy) is 1. The highest BCUT2D eigenvalue weighted by molar-refractivity contribution is 6.45. The number of benzene rings is 2. The first kappa shape index (κ1) is 21.9. The van der Waals surface area contributed by atoms with Crippen molar-refractivity contribution < 1.29 is 32.3 Å². The number of rotatable bonds is 6. The number of halogens is 3. The Kier molecular flexibility index (Phi) is 6.00. The molecule has 3 rings (SSSR count). The van der Waals surface area contributed by atoms with Gasteiger partial charge in [-0.1, -0.05) is 18.2 Å². The van der Waals surface area contributed by atoms with E-state index in [1.54, 1.807) is 31.2 Å². The number of fused-ring (bicyclic) bond motifs is 1. The number of alkyl halides is 3. The summed E-state index contributed by atoms with van der Waals surface area (Å²) in [5, 5.41) is 3.05. The van der Waals surface area contributed by atoms with Gasteiger partial charge in [0.05, 0.1) is 12.1 Å². The molecule has 0 fully saturated rings. The third-order valence-electron chi connectivity index (χ3n) is 4.41. The molecule has 0 saturated carbocycles. The van der Waals surface area contributed by atoms with Crippen LogP contribution in [0.5, 0.6) is 5.75 Å². The smallest absolute Gasteiger partial charge is 0.406 e. The Morgan fingerprint density at radius 3 is 2.35 bits per heavy atom. The molecule has 10 heteroatoms. The number of likely N-dealkylation sites (N-methyl/N-ethyl adjacent to an activating group) is 1. The fourth-order valence-corrected chi connectivity index (χ4v) is 3.08. The number of Topliss-reactive ketones (excluding diaryl/α,β-unsaturated/α-hetero) is 1. The molecular weight excluding hydrogens is 415 g/mol. The fourth-order valence-electron chi connectivity index (χ4n) is 3.08. The van der Waals surface area contributed by atoms with E-state index in [2.05, 4.69) is 15.0 Å². The SMILES string of the molecule is Cc1[nH]c2ccccc2c1C(=O)C(=O)N(C)CC(=O)Nc1ccc(OC(F)(F)F)cc1. The Morgan fingerprint density at radius 2 is 1.71 bits per heavy atom. The molecule has 0 spiro atoms. The van der Waals surface area contributed by atoms with Gasteiger partial charge in [-0.2, -0.15) is 0 Å². The number of nitrogens with one attached hydrogen (secondary N) is 2. The summed E-state index contributed by atoms with van der Waals surface area (Å²) in [4.78, 5) is 41.5. The molecule has 0 bridgehead atoms. The molecule has 2 amide bonds. The van der Waals surface area contributed by atoms with Crippen LogP contribution in [0.3, 0.4) is 0 Å². The van der Waals surface area contributed by atoms with E-state index >= 15 is 0 Å². The van der Waals surface area contributed by atoms with Crippen molar-refractivity contribution in [2.24, 2.45) is 0 Å². The minimum Gasteiger partial charge on any atom is -0.406 e. The van der Waals surface area contributed by atoms with Crippen molar-refractivity contribution in [2.45, 2.75) is 13.3 Å². The van der Waals surface area contributed by atoms with Crippen molar-refractivity contribution in [1.29, 1.82) is 0 Å². The molecular formula is C21H18F3N3O4. The van der Waals surface area contributed by atoms with Gasteiger partial charge in [0.15, 0.2) is 0 Å². The quantitative estimate of drug-likeness (QED) is 0.459. The molecule has 0 aliphatic rings. The summed E-state index contributed by atoms with van der Waals surface area (Å²) >= 11 is 0. The van der Waals surface area contributed by atoms with Crippen molar-refractivity contribution in [2.75, 3.05) is 18.9 Å². The maximum Gasteiger partial charge on any atom is 0.573 e. The number of hydrogen-bond acceptors (Lipinski definition) is 4. The van der Waals surface area contributed by atoms with Gasteiger partial charge in [-0.15, -0.1) is 13.2 Å². The Hall–Kier alpha value is -3.82. The van der Waals surface area contributed by atoms with Crippen LogP contribution in [-0.2, 0) is 9.59 Å². The van der Waals surface area contributed by atoms with Gasteiger partial charge < -0.3 is 19.9 Å². The summed E-state index contributed by atoms with van der Waals surface area (Å²) in [6, 6.07) is 11.6. The maximum atomic E-state index is 12.7. The molecule has 1 aromatic heterocycles. The van der Waals surface area contributed by atoms with Crippen LogP contribution in [0.15, 0.2) is 48.5 Å². The number of anilines is 1. The highest BCUT2D eigenvalue weighted by atomic mass is 19.4. The van der Waals surface area contributed by atoms with Crippen molar-refractivity contribution in [3.63, 3.8) is 0 Å². The van der Waals surface area contributed by atoms with E-state index in [1.807, 2.05) is 0 Å². The van der Waals surface area contributed by atoms with Gasteiger partial charge >= 0.3 is 6.36 Å². The summed E-state index contributed by atoms with van der Waals surface area (Å²) in [6.07, 6.45) is -4.82. The Labute approximate surface area is 174 Å². The molecule has 0 saturated heterocycles. The van der Waals surface area contributed by atoms with E-state index < -0.39 is 36.3 Å². The van der Waals surface area contributed by atoms with E-state index in [1.165, 1.54) is 19.2 Å². The van der Waals surface area contributed by atoms with Gasteiger partial charge in [0.1, 0.15) is 5.75 Å². The molecule has 2 aromatic carbocycles. The van der Waals surface area contributed by atoms with E-state index in [-0.39, 0.29) is 11.3 Å². The lowest BCUT2D eigenvalue weighted by atomic mass is 10.1. The minimum absolute atomic E-state index is 0.208. The Balaban J connectivity index is 1.63. The third kappa shape index (κ3) is 5.21. The number of hydrogen-bond donors (Lipinski definition) is 2. The summed E-state index contributed by atoms with van der Waals surface area (Å²) in [5.74, 6) is -2.67. The highest BCUT2D eigenvalue weighted by Gasteiger charge is 2.31. The number of H-pyrrole nitrogens is 1. The van der Waals surface area contributed by atoms with E-state index in [9.17, 15) is 27.6 Å². The zero-order chi connectivity index (χ0) is 22.8. The second-order valence-corrected chi connectivity index (χ2v) is 6.78. The number of aromatic nitrogens is 1.